The Hall–Kier alpha value is -3.22. The molecule has 1 aliphatic rings. The zero-order valence-electron chi connectivity index (χ0n) is 17.3. The maximum Gasteiger partial charge on any atom is 0.296 e. The predicted octanol–water partition coefficient (Wildman–Crippen LogP) is 5.53. The Morgan fingerprint density at radius 3 is 2.50 bits per heavy atom. The number of hydrogen-bond donors (Lipinski definition) is 1. The van der Waals surface area contributed by atoms with E-state index >= 15 is 0 Å². The Balaban J connectivity index is 1.86. The Kier molecular flexibility index (Phi) is 6.00. The number of nitrogens with zero attached hydrogens (tertiary/aromatic N) is 1. The van der Waals surface area contributed by atoms with Gasteiger partial charge in [-0.15, -0.1) is 0 Å². The van der Waals surface area contributed by atoms with Crippen molar-refractivity contribution in [2.24, 2.45) is 0 Å². The summed E-state index contributed by atoms with van der Waals surface area (Å²) in [5, 5.41) is 11.6. The average Bonchev–Trinajstić information content (AvgIpc) is 3.31. The highest BCUT2D eigenvalue weighted by atomic mass is 35.5. The average molecular weight is 472 g/mol. The number of rotatable bonds is 5. The number of hydrogen-bond acceptors (Lipinski definition) is 5. The summed E-state index contributed by atoms with van der Waals surface area (Å²) in [4.78, 5) is 27.5. The smallest absolute Gasteiger partial charge is 0.296 e. The van der Waals surface area contributed by atoms with Gasteiger partial charge in [-0.25, -0.2) is 0 Å². The first-order valence-electron chi connectivity index (χ1n) is 9.74. The van der Waals surface area contributed by atoms with E-state index in [0.29, 0.717) is 27.9 Å². The van der Waals surface area contributed by atoms with Gasteiger partial charge in [0.1, 0.15) is 29.1 Å². The molecule has 32 heavy (non-hydrogen) atoms. The summed E-state index contributed by atoms with van der Waals surface area (Å²) in [6.07, 6.45) is 0. The van der Waals surface area contributed by atoms with Gasteiger partial charge in [-0.3, -0.25) is 9.59 Å². The number of para-hydroxylation sites is 1. The topological polar surface area (TPSA) is 80.0 Å². The van der Waals surface area contributed by atoms with Crippen molar-refractivity contribution >= 4 is 40.7 Å². The van der Waals surface area contributed by atoms with E-state index in [4.69, 9.17) is 32.4 Å². The largest absolute Gasteiger partial charge is 0.507 e. The normalized spacial score (nSPS) is 17.8. The molecule has 6 nitrogen and oxygen atoms in total. The summed E-state index contributed by atoms with van der Waals surface area (Å²) in [5.74, 6) is -0.383. The fourth-order valence-corrected chi connectivity index (χ4v) is 4.05. The van der Waals surface area contributed by atoms with Crippen LogP contribution in [0, 0.1) is 6.92 Å². The molecule has 1 N–H and O–H groups in total. The number of carbonyl (C=O) groups is 2. The molecular formula is C24H19Cl2NO5. The van der Waals surface area contributed by atoms with Crippen molar-refractivity contribution in [3.8, 4) is 5.75 Å². The zero-order chi connectivity index (χ0) is 23.0. The number of carbonyl (C=O) groups excluding carboxylic acids is 2. The van der Waals surface area contributed by atoms with Crippen LogP contribution in [0.5, 0.6) is 5.75 Å². The van der Waals surface area contributed by atoms with Gasteiger partial charge in [-0.1, -0.05) is 41.4 Å². The number of ketones is 1. The molecule has 0 saturated carbocycles. The van der Waals surface area contributed by atoms with Crippen LogP contribution < -0.4 is 4.74 Å². The molecule has 0 aliphatic carbocycles. The predicted molar refractivity (Wildman–Crippen MR) is 121 cm³/mol. The molecule has 1 fully saturated rings. The lowest BCUT2D eigenvalue weighted by atomic mass is 9.99. The van der Waals surface area contributed by atoms with Gasteiger partial charge in [0.05, 0.1) is 29.3 Å². The second-order valence-electron chi connectivity index (χ2n) is 7.32. The van der Waals surface area contributed by atoms with Crippen LogP contribution in [0.25, 0.3) is 5.76 Å². The molecule has 0 bridgehead atoms. The molecule has 0 radical (unpaired) electrons. The molecule has 2 heterocycles. The van der Waals surface area contributed by atoms with E-state index in [0.717, 1.165) is 0 Å². The number of benzene rings is 2. The van der Waals surface area contributed by atoms with Crippen LogP contribution in [-0.2, 0) is 16.1 Å². The molecule has 1 saturated heterocycles. The molecule has 1 unspecified atom stereocenters. The van der Waals surface area contributed by atoms with Gasteiger partial charge in [-0.2, -0.15) is 0 Å². The first kappa shape index (κ1) is 22.0. The van der Waals surface area contributed by atoms with Crippen molar-refractivity contribution in [3.05, 3.63) is 92.9 Å². The lowest BCUT2D eigenvalue weighted by Gasteiger charge is -2.24. The third kappa shape index (κ3) is 3.87. The first-order chi connectivity index (χ1) is 15.3. The van der Waals surface area contributed by atoms with Crippen molar-refractivity contribution in [2.75, 3.05) is 7.11 Å². The fourth-order valence-electron chi connectivity index (χ4n) is 3.76. The summed E-state index contributed by atoms with van der Waals surface area (Å²) >= 11 is 12.1. The second kappa shape index (κ2) is 8.73. The number of furan rings is 1. The number of likely N-dealkylation sites (tertiary alicyclic amines) is 1. The Bertz CT molecular complexity index is 1250. The monoisotopic (exact) mass is 471 g/mol. The van der Waals surface area contributed by atoms with Crippen LogP contribution in [-0.4, -0.2) is 28.8 Å². The molecule has 0 spiro atoms. The van der Waals surface area contributed by atoms with E-state index in [9.17, 15) is 14.7 Å². The summed E-state index contributed by atoms with van der Waals surface area (Å²) in [6, 6.07) is 14.2. The summed E-state index contributed by atoms with van der Waals surface area (Å²) in [6.45, 7) is 1.84. The minimum Gasteiger partial charge on any atom is -0.507 e. The Labute approximate surface area is 194 Å². The Morgan fingerprint density at radius 1 is 1.09 bits per heavy atom. The number of aliphatic hydroxyl groups is 1. The van der Waals surface area contributed by atoms with Gasteiger partial charge < -0.3 is 19.2 Å². The SMILES string of the molecule is COc1ccccc1CN1C(=O)C(=O)/C(=C(/O)c2ccc(Cl)c(Cl)c2)C1c1ccc(C)o1. The van der Waals surface area contributed by atoms with E-state index in [1.807, 2.05) is 18.2 Å². The van der Waals surface area contributed by atoms with E-state index < -0.39 is 17.7 Å². The van der Waals surface area contributed by atoms with Crippen LogP contribution >= 0.6 is 23.2 Å². The van der Waals surface area contributed by atoms with E-state index in [1.54, 1.807) is 25.1 Å². The molecule has 1 aromatic heterocycles. The van der Waals surface area contributed by atoms with Crippen molar-refractivity contribution in [2.45, 2.75) is 19.5 Å². The molecule has 1 atom stereocenters. The van der Waals surface area contributed by atoms with Crippen molar-refractivity contribution < 1.29 is 23.8 Å². The van der Waals surface area contributed by atoms with E-state index in [1.165, 1.54) is 30.2 Å². The van der Waals surface area contributed by atoms with Gasteiger partial charge >= 0.3 is 0 Å². The molecule has 8 heteroatoms. The maximum absolute atomic E-state index is 13.1. The third-order valence-electron chi connectivity index (χ3n) is 5.30. The van der Waals surface area contributed by atoms with E-state index in [2.05, 4.69) is 0 Å². The number of methoxy groups -OCH3 is 1. The number of aliphatic hydroxyl groups excluding tert-OH is 1. The quantitative estimate of drug-likeness (QED) is 0.300. The highest BCUT2D eigenvalue weighted by Crippen LogP contribution is 2.42. The van der Waals surface area contributed by atoms with Crippen molar-refractivity contribution in [1.29, 1.82) is 0 Å². The maximum atomic E-state index is 13.1. The van der Waals surface area contributed by atoms with Crippen molar-refractivity contribution in [1.82, 2.24) is 4.90 Å². The standard InChI is InChI=1S/C24H19Cl2NO5/c1-13-7-10-19(32-13)21-20(22(28)14-8-9-16(25)17(26)11-14)23(29)24(30)27(21)12-15-5-3-4-6-18(15)31-2/h3-11,21,28H,12H2,1-2H3/b22-20+. The lowest BCUT2D eigenvalue weighted by Crippen LogP contribution is -2.29. The summed E-state index contributed by atoms with van der Waals surface area (Å²) in [5.41, 5.74) is 0.889. The highest BCUT2D eigenvalue weighted by molar-refractivity contribution is 6.46. The Morgan fingerprint density at radius 2 is 1.84 bits per heavy atom. The number of Topliss-reactive ketones (excluding diaryl/α,β-unsaturated/α-hetero) is 1. The second-order valence-corrected chi connectivity index (χ2v) is 8.13. The molecule has 164 valence electrons. The number of amides is 1. The van der Waals surface area contributed by atoms with Crippen LogP contribution in [0.2, 0.25) is 10.0 Å². The van der Waals surface area contributed by atoms with Crippen LogP contribution in [0.1, 0.15) is 28.7 Å². The highest BCUT2D eigenvalue weighted by Gasteiger charge is 2.47. The van der Waals surface area contributed by atoms with Gasteiger partial charge in [0, 0.05) is 11.1 Å². The summed E-state index contributed by atoms with van der Waals surface area (Å²) in [7, 11) is 1.53. The lowest BCUT2D eigenvalue weighted by molar-refractivity contribution is -0.140. The first-order valence-corrected chi connectivity index (χ1v) is 10.5. The molecule has 3 aromatic rings. The molecule has 4 rings (SSSR count). The number of aryl methyl sites for hydroxylation is 1. The van der Waals surface area contributed by atoms with Crippen molar-refractivity contribution in [3.63, 3.8) is 0 Å². The van der Waals surface area contributed by atoms with Crippen LogP contribution in [0.4, 0.5) is 0 Å². The van der Waals surface area contributed by atoms with Gasteiger partial charge in [0.15, 0.2) is 0 Å². The van der Waals surface area contributed by atoms with Crippen LogP contribution in [0.3, 0.4) is 0 Å². The van der Waals surface area contributed by atoms with Gasteiger partial charge in [0.25, 0.3) is 11.7 Å². The minimum absolute atomic E-state index is 0.0805. The van der Waals surface area contributed by atoms with Gasteiger partial charge in [0.2, 0.25) is 0 Å². The number of ether oxygens (including phenoxy) is 1. The van der Waals surface area contributed by atoms with Crippen LogP contribution in [0.15, 0.2) is 64.6 Å². The molecule has 2 aromatic carbocycles. The molecule has 1 aliphatic heterocycles. The van der Waals surface area contributed by atoms with E-state index in [-0.39, 0.29) is 28.5 Å². The minimum atomic E-state index is -0.928. The molecular weight excluding hydrogens is 453 g/mol. The third-order valence-corrected chi connectivity index (χ3v) is 6.04. The fraction of sp³-hybridized carbons (Fsp3) is 0.167. The zero-order valence-corrected chi connectivity index (χ0v) is 18.8. The number of halogens is 2. The molecule has 1 amide bonds. The summed E-state index contributed by atoms with van der Waals surface area (Å²) < 4.78 is 11.2. The van der Waals surface area contributed by atoms with Gasteiger partial charge in [-0.05, 0) is 43.3 Å².